The van der Waals surface area contributed by atoms with Gasteiger partial charge in [-0.1, -0.05) is 89.2 Å². The molecule has 7 heteroatoms. The van der Waals surface area contributed by atoms with Crippen molar-refractivity contribution >= 4 is 23.4 Å². The maximum atomic E-state index is 6.79. The molecule has 1 fully saturated rings. The minimum Gasteiger partial charge on any atom is -0.497 e. The van der Waals surface area contributed by atoms with E-state index in [0.717, 1.165) is 87.3 Å². The first kappa shape index (κ1) is 36.2. The summed E-state index contributed by atoms with van der Waals surface area (Å²) >= 11 is 8.72. The van der Waals surface area contributed by atoms with E-state index in [1.807, 2.05) is 30.0 Å². The minimum absolute atomic E-state index is 0.0705. The molecular weight excluding hydrogens is 580 g/mol. The molecule has 5 atom stereocenters. The molecule has 0 aliphatic carbocycles. The van der Waals surface area contributed by atoms with E-state index in [1.165, 1.54) is 11.1 Å². The molecule has 3 rings (SSSR count). The highest BCUT2D eigenvalue weighted by molar-refractivity contribution is 8.00. The first-order valence-electron chi connectivity index (χ1n) is 16.5. The van der Waals surface area contributed by atoms with Crippen molar-refractivity contribution in [1.29, 1.82) is 0 Å². The lowest BCUT2D eigenvalue weighted by Gasteiger charge is -2.46. The van der Waals surface area contributed by atoms with Crippen LogP contribution in [0.2, 0.25) is 5.02 Å². The average molecular weight is 635 g/mol. The van der Waals surface area contributed by atoms with Crippen molar-refractivity contribution in [2.75, 3.05) is 40.1 Å². The number of unbranched alkanes of at least 4 members (excludes halogenated alkanes) is 4. The van der Waals surface area contributed by atoms with Gasteiger partial charge in [0.2, 0.25) is 0 Å². The molecule has 0 unspecified atom stereocenters. The summed E-state index contributed by atoms with van der Waals surface area (Å²) in [6.07, 6.45) is 8.86. The number of ether oxygens (including phenoxy) is 5. The molecule has 242 valence electrons. The van der Waals surface area contributed by atoms with Crippen molar-refractivity contribution in [3.8, 4) is 5.75 Å². The van der Waals surface area contributed by atoms with Crippen molar-refractivity contribution in [3.63, 3.8) is 0 Å². The van der Waals surface area contributed by atoms with Crippen molar-refractivity contribution in [3.05, 3.63) is 64.2 Å². The normalized spacial score (nSPS) is 22.1. The standard InChI is InChI=1S/C36H55ClO5S/c1-6-10-20-39-26-32-33(40-21-11-7-2)34(41-22-12-8-3)35(42-23-13-9-4)36(43-32)28-16-19-31(37)29(25-28)24-27-14-17-30(38-5)18-15-27/h14-19,25,32-36H,6-13,20-24,26H2,1-5H3/t32-,33-,34+,35-,36+/m1/s1. The van der Waals surface area contributed by atoms with Crippen molar-refractivity contribution in [2.45, 2.75) is 114 Å². The fourth-order valence-corrected chi connectivity index (χ4v) is 7.11. The number of hydrogen-bond donors (Lipinski definition) is 0. The lowest BCUT2D eigenvalue weighted by atomic mass is 9.94. The van der Waals surface area contributed by atoms with Crippen LogP contribution in [-0.4, -0.2) is 63.7 Å². The van der Waals surface area contributed by atoms with Gasteiger partial charge in [-0.25, -0.2) is 0 Å². The maximum Gasteiger partial charge on any atom is 0.118 e. The van der Waals surface area contributed by atoms with Crippen LogP contribution in [-0.2, 0) is 25.4 Å². The van der Waals surface area contributed by atoms with Crippen LogP contribution in [0, 0.1) is 0 Å². The molecule has 2 aromatic rings. The molecular formula is C36H55ClO5S. The summed E-state index contributed by atoms with van der Waals surface area (Å²) in [5.74, 6) is 0.853. The summed E-state index contributed by atoms with van der Waals surface area (Å²) in [6, 6.07) is 14.7. The van der Waals surface area contributed by atoms with Crippen LogP contribution in [0.3, 0.4) is 0 Å². The van der Waals surface area contributed by atoms with Crippen LogP contribution in [0.5, 0.6) is 5.75 Å². The van der Waals surface area contributed by atoms with Gasteiger partial charge in [0.1, 0.15) is 24.1 Å². The van der Waals surface area contributed by atoms with Gasteiger partial charge in [0.15, 0.2) is 0 Å². The molecule has 0 radical (unpaired) electrons. The topological polar surface area (TPSA) is 46.2 Å². The Bertz CT molecular complexity index is 1020. The molecule has 1 aliphatic rings. The second-order valence-electron chi connectivity index (χ2n) is 11.5. The van der Waals surface area contributed by atoms with Crippen molar-refractivity contribution in [2.24, 2.45) is 0 Å². The van der Waals surface area contributed by atoms with Gasteiger partial charge in [-0.05, 0) is 67.0 Å². The summed E-state index contributed by atoms with van der Waals surface area (Å²) in [5, 5.41) is 0.984. The van der Waals surface area contributed by atoms with E-state index in [0.29, 0.717) is 19.8 Å². The third-order valence-electron chi connectivity index (χ3n) is 7.93. The molecule has 0 spiro atoms. The minimum atomic E-state index is -0.174. The molecule has 1 saturated heterocycles. The Morgan fingerprint density at radius 1 is 0.698 bits per heavy atom. The summed E-state index contributed by atoms with van der Waals surface area (Å²) in [6.45, 7) is 12.3. The van der Waals surface area contributed by atoms with Gasteiger partial charge in [0, 0.05) is 31.5 Å². The van der Waals surface area contributed by atoms with Crippen LogP contribution >= 0.6 is 23.4 Å². The molecule has 0 N–H and O–H groups in total. The van der Waals surface area contributed by atoms with Gasteiger partial charge in [-0.3, -0.25) is 0 Å². The third kappa shape index (κ3) is 11.5. The zero-order valence-corrected chi connectivity index (χ0v) is 28.7. The number of halogens is 1. The van der Waals surface area contributed by atoms with Gasteiger partial charge < -0.3 is 23.7 Å². The summed E-state index contributed by atoms with van der Waals surface area (Å²) in [5.41, 5.74) is 3.52. The molecule has 0 bridgehead atoms. The predicted molar refractivity (Wildman–Crippen MR) is 181 cm³/mol. The molecule has 1 aliphatic heterocycles. The number of thioether (sulfide) groups is 1. The molecule has 1 heterocycles. The van der Waals surface area contributed by atoms with Crippen LogP contribution in [0.4, 0.5) is 0 Å². The number of rotatable bonds is 21. The van der Waals surface area contributed by atoms with E-state index in [-0.39, 0.29) is 28.8 Å². The molecule has 0 aromatic heterocycles. The SMILES string of the molecule is CCCCOC[C@H]1S[C@@H](c2ccc(Cl)c(Cc3ccc(OC)cc3)c2)[C@H](OCCCC)[C@@H](OCCCC)[C@@H]1OCCCC. The predicted octanol–water partition coefficient (Wildman–Crippen LogP) is 9.47. The van der Waals surface area contributed by atoms with Crippen LogP contribution < -0.4 is 4.74 Å². The summed E-state index contributed by atoms with van der Waals surface area (Å²) in [7, 11) is 1.69. The van der Waals surface area contributed by atoms with Crippen LogP contribution in [0.25, 0.3) is 0 Å². The Morgan fingerprint density at radius 2 is 1.28 bits per heavy atom. The van der Waals surface area contributed by atoms with E-state index < -0.39 is 0 Å². The van der Waals surface area contributed by atoms with Crippen molar-refractivity contribution in [1.82, 2.24) is 0 Å². The lowest BCUT2D eigenvalue weighted by Crippen LogP contribution is -2.55. The Labute approximate surface area is 270 Å². The molecule has 5 nitrogen and oxygen atoms in total. The Kier molecular flexibility index (Phi) is 17.4. The fourth-order valence-electron chi connectivity index (χ4n) is 5.30. The summed E-state index contributed by atoms with van der Waals surface area (Å²) in [4.78, 5) is 0. The highest BCUT2D eigenvalue weighted by Gasteiger charge is 2.48. The molecule has 0 amide bonds. The smallest absolute Gasteiger partial charge is 0.118 e. The second-order valence-corrected chi connectivity index (χ2v) is 13.3. The quantitative estimate of drug-likeness (QED) is 0.127. The third-order valence-corrected chi connectivity index (χ3v) is 9.89. The Balaban J connectivity index is 1.97. The van der Waals surface area contributed by atoms with E-state index in [9.17, 15) is 0 Å². The van der Waals surface area contributed by atoms with Crippen LogP contribution in [0.1, 0.15) is 101 Å². The Morgan fingerprint density at radius 3 is 1.88 bits per heavy atom. The summed E-state index contributed by atoms with van der Waals surface area (Å²) < 4.78 is 31.8. The molecule has 43 heavy (non-hydrogen) atoms. The maximum absolute atomic E-state index is 6.79. The second kappa shape index (κ2) is 20.7. The van der Waals surface area contributed by atoms with Gasteiger partial charge in [0.05, 0.1) is 24.2 Å². The van der Waals surface area contributed by atoms with Gasteiger partial charge in [-0.15, -0.1) is 11.8 Å². The van der Waals surface area contributed by atoms with E-state index in [2.05, 4.69) is 52.0 Å². The van der Waals surface area contributed by atoms with Gasteiger partial charge >= 0.3 is 0 Å². The van der Waals surface area contributed by atoms with Gasteiger partial charge in [0.25, 0.3) is 0 Å². The van der Waals surface area contributed by atoms with Crippen molar-refractivity contribution < 1.29 is 23.7 Å². The van der Waals surface area contributed by atoms with Crippen LogP contribution in [0.15, 0.2) is 42.5 Å². The highest BCUT2D eigenvalue weighted by atomic mass is 35.5. The number of benzene rings is 2. The zero-order valence-electron chi connectivity index (χ0n) is 27.2. The lowest BCUT2D eigenvalue weighted by molar-refractivity contribution is -0.149. The molecule has 0 saturated carbocycles. The Hall–Kier alpha value is -1.28. The highest BCUT2D eigenvalue weighted by Crippen LogP contribution is 2.47. The average Bonchev–Trinajstić information content (AvgIpc) is 3.02. The number of methoxy groups -OCH3 is 1. The van der Waals surface area contributed by atoms with Gasteiger partial charge in [-0.2, -0.15) is 0 Å². The number of hydrogen-bond acceptors (Lipinski definition) is 6. The largest absolute Gasteiger partial charge is 0.497 e. The first-order valence-corrected chi connectivity index (χ1v) is 17.9. The monoisotopic (exact) mass is 634 g/mol. The fraction of sp³-hybridized carbons (Fsp3) is 0.667. The molecule has 2 aromatic carbocycles. The van der Waals surface area contributed by atoms with E-state index >= 15 is 0 Å². The van der Waals surface area contributed by atoms with E-state index in [4.69, 9.17) is 35.3 Å². The van der Waals surface area contributed by atoms with E-state index in [1.54, 1.807) is 7.11 Å². The zero-order chi connectivity index (χ0) is 30.9. The first-order chi connectivity index (χ1) is 21.1.